The summed E-state index contributed by atoms with van der Waals surface area (Å²) >= 11 is 0. The summed E-state index contributed by atoms with van der Waals surface area (Å²) in [5.41, 5.74) is 8.54. The average molecular weight is 481 g/mol. The lowest BCUT2D eigenvalue weighted by atomic mass is 9.76. The number of aromatic nitrogens is 2. The Morgan fingerprint density at radius 3 is 2.63 bits per heavy atom. The summed E-state index contributed by atoms with van der Waals surface area (Å²) in [6.07, 6.45) is 9.19. The van der Waals surface area contributed by atoms with Crippen LogP contribution >= 0.6 is 0 Å². The Kier molecular flexibility index (Phi) is 7.00. The van der Waals surface area contributed by atoms with E-state index >= 15 is 0 Å². The van der Waals surface area contributed by atoms with Gasteiger partial charge in [-0.05, 0) is 94.6 Å². The van der Waals surface area contributed by atoms with E-state index in [1.165, 1.54) is 18.6 Å². The Hall–Kier alpha value is -3.00. The van der Waals surface area contributed by atoms with Gasteiger partial charge in [0.15, 0.2) is 5.58 Å². The van der Waals surface area contributed by atoms with Crippen LogP contribution in [0.3, 0.4) is 0 Å². The van der Waals surface area contributed by atoms with Gasteiger partial charge in [0.2, 0.25) is 11.8 Å². The van der Waals surface area contributed by atoms with E-state index in [4.69, 9.17) is 15.0 Å². The molecule has 1 amide bonds. The number of pyridine rings is 1. The summed E-state index contributed by atoms with van der Waals surface area (Å²) in [6, 6.07) is 6.38. The second-order valence-electron chi connectivity index (χ2n) is 9.98. The van der Waals surface area contributed by atoms with E-state index in [1.54, 1.807) is 25.4 Å². The van der Waals surface area contributed by atoms with Crippen molar-refractivity contribution in [3.63, 3.8) is 0 Å². The monoisotopic (exact) mass is 480 g/mol. The lowest BCUT2D eigenvalue weighted by Gasteiger charge is -2.34. The second-order valence-corrected chi connectivity index (χ2v) is 9.98. The third-order valence-corrected chi connectivity index (χ3v) is 7.96. The summed E-state index contributed by atoms with van der Waals surface area (Å²) in [5, 5.41) is 5.20. The zero-order valence-electron chi connectivity index (χ0n) is 20.2. The summed E-state index contributed by atoms with van der Waals surface area (Å²) < 4.78 is 24.3. The van der Waals surface area contributed by atoms with Crippen LogP contribution in [0.15, 0.2) is 35.0 Å². The zero-order valence-corrected chi connectivity index (χ0v) is 20.2. The molecule has 2 aromatic heterocycles. The number of carbonyl (C=O) groups excluding carboxylic acids is 1. The molecular formula is C27H33FN4O3. The quantitative estimate of drug-likeness (QED) is 0.511. The number of amides is 1. The fraction of sp³-hybridized carbons (Fsp3) is 0.519. The first-order chi connectivity index (χ1) is 17.0. The minimum absolute atomic E-state index is 0.263. The number of benzene rings is 1. The van der Waals surface area contributed by atoms with Crippen LogP contribution in [0.4, 0.5) is 4.39 Å². The third-order valence-electron chi connectivity index (χ3n) is 7.96. The fourth-order valence-corrected chi connectivity index (χ4v) is 5.99. The number of carbonyl (C=O) groups is 1. The number of primary amides is 1. The SMILES string of the molecule is COc1nccc(C(N)=O)c1C1CCC(CCN2CCC(c3noc4cc(F)ccc34)CC2)CC1. The third kappa shape index (κ3) is 5.03. The number of likely N-dealkylation sites (tertiary alicyclic amines) is 1. The number of piperidine rings is 1. The molecule has 2 fully saturated rings. The van der Waals surface area contributed by atoms with Crippen molar-refractivity contribution in [3.05, 3.63) is 53.1 Å². The van der Waals surface area contributed by atoms with Gasteiger partial charge in [0.25, 0.3) is 0 Å². The van der Waals surface area contributed by atoms with Gasteiger partial charge in [0.1, 0.15) is 5.82 Å². The summed E-state index contributed by atoms with van der Waals surface area (Å²) in [7, 11) is 1.59. The van der Waals surface area contributed by atoms with Gasteiger partial charge < -0.3 is 19.9 Å². The van der Waals surface area contributed by atoms with E-state index in [9.17, 15) is 9.18 Å². The lowest BCUT2D eigenvalue weighted by Crippen LogP contribution is -2.34. The number of hydrogen-bond acceptors (Lipinski definition) is 6. The zero-order chi connectivity index (χ0) is 24.4. The molecule has 186 valence electrons. The Morgan fingerprint density at radius 1 is 1.14 bits per heavy atom. The van der Waals surface area contributed by atoms with Crippen molar-refractivity contribution in [2.24, 2.45) is 11.7 Å². The topological polar surface area (TPSA) is 94.5 Å². The molecule has 2 aliphatic rings. The van der Waals surface area contributed by atoms with E-state index in [0.717, 1.165) is 74.8 Å². The first-order valence-corrected chi connectivity index (χ1v) is 12.6. The van der Waals surface area contributed by atoms with E-state index in [2.05, 4.69) is 15.0 Å². The number of fused-ring (bicyclic) bond motifs is 1. The van der Waals surface area contributed by atoms with Gasteiger partial charge in [-0.1, -0.05) is 5.16 Å². The molecule has 7 nitrogen and oxygen atoms in total. The number of halogens is 1. The van der Waals surface area contributed by atoms with Crippen molar-refractivity contribution in [1.82, 2.24) is 15.0 Å². The first kappa shape index (κ1) is 23.7. The summed E-state index contributed by atoms with van der Waals surface area (Å²) in [5.74, 6) is 1.13. The molecule has 1 saturated heterocycles. The number of methoxy groups -OCH3 is 1. The molecule has 1 aliphatic carbocycles. The Bertz CT molecular complexity index is 1180. The largest absolute Gasteiger partial charge is 0.481 e. The molecular weight excluding hydrogens is 447 g/mol. The molecule has 0 bridgehead atoms. The molecule has 2 N–H and O–H groups in total. The molecule has 8 heteroatoms. The maximum atomic E-state index is 13.4. The van der Waals surface area contributed by atoms with Crippen LogP contribution in [-0.4, -0.2) is 47.7 Å². The van der Waals surface area contributed by atoms with Crippen LogP contribution in [0.25, 0.3) is 11.0 Å². The predicted octanol–water partition coefficient (Wildman–Crippen LogP) is 5.01. The minimum atomic E-state index is -0.419. The van der Waals surface area contributed by atoms with E-state index in [0.29, 0.717) is 28.9 Å². The first-order valence-electron chi connectivity index (χ1n) is 12.6. The van der Waals surface area contributed by atoms with Crippen LogP contribution in [0.5, 0.6) is 5.88 Å². The van der Waals surface area contributed by atoms with Gasteiger partial charge >= 0.3 is 0 Å². The number of nitrogens with zero attached hydrogens (tertiary/aromatic N) is 3. The molecule has 5 rings (SSSR count). The Labute approximate surface area is 204 Å². The van der Waals surface area contributed by atoms with Crippen molar-refractivity contribution in [3.8, 4) is 5.88 Å². The van der Waals surface area contributed by atoms with Crippen molar-refractivity contribution in [2.45, 2.75) is 56.8 Å². The molecule has 0 unspecified atom stereocenters. The second kappa shape index (κ2) is 10.3. The van der Waals surface area contributed by atoms with Crippen LogP contribution in [0.2, 0.25) is 0 Å². The van der Waals surface area contributed by atoms with E-state index in [-0.39, 0.29) is 11.7 Å². The maximum Gasteiger partial charge on any atom is 0.249 e. The molecule has 0 spiro atoms. The fourth-order valence-electron chi connectivity index (χ4n) is 5.99. The van der Waals surface area contributed by atoms with E-state index < -0.39 is 5.91 Å². The molecule has 1 aliphatic heterocycles. The number of rotatable bonds is 7. The van der Waals surface area contributed by atoms with E-state index in [1.807, 2.05) is 0 Å². The number of hydrogen-bond donors (Lipinski definition) is 1. The molecule has 3 aromatic rings. The molecule has 35 heavy (non-hydrogen) atoms. The normalized spacial score (nSPS) is 21.9. The van der Waals surface area contributed by atoms with Crippen molar-refractivity contribution in [1.29, 1.82) is 0 Å². The Morgan fingerprint density at radius 2 is 1.91 bits per heavy atom. The van der Waals surface area contributed by atoms with Crippen LogP contribution < -0.4 is 10.5 Å². The average Bonchev–Trinajstić information content (AvgIpc) is 3.30. The Balaban J connectivity index is 1.11. The highest BCUT2D eigenvalue weighted by molar-refractivity contribution is 5.95. The summed E-state index contributed by atoms with van der Waals surface area (Å²) in [4.78, 5) is 18.8. The van der Waals surface area contributed by atoms with Gasteiger partial charge in [-0.15, -0.1) is 0 Å². The molecule has 3 heterocycles. The van der Waals surface area contributed by atoms with Gasteiger partial charge in [-0.25, -0.2) is 9.37 Å². The van der Waals surface area contributed by atoms with Crippen molar-refractivity contribution in [2.75, 3.05) is 26.7 Å². The molecule has 1 aromatic carbocycles. The highest BCUT2D eigenvalue weighted by atomic mass is 19.1. The maximum absolute atomic E-state index is 13.4. The summed E-state index contributed by atoms with van der Waals surface area (Å²) in [6.45, 7) is 3.20. The van der Waals surface area contributed by atoms with Crippen LogP contribution in [-0.2, 0) is 0 Å². The standard InChI is InChI=1S/C27H33FN4O3/c1-34-27-24(22(26(29)33)8-12-30-27)18-4-2-17(3-5-18)9-13-32-14-10-19(11-15-32)25-21-7-6-20(28)16-23(21)35-31-25/h6-8,12,16-19H,2-5,9-11,13-15H2,1H3,(H2,29,33). The highest BCUT2D eigenvalue weighted by Gasteiger charge is 2.30. The number of nitrogens with two attached hydrogens (primary N) is 1. The van der Waals surface area contributed by atoms with Gasteiger partial charge in [0.05, 0.1) is 12.8 Å². The minimum Gasteiger partial charge on any atom is -0.481 e. The lowest BCUT2D eigenvalue weighted by molar-refractivity contribution is 0.0997. The van der Waals surface area contributed by atoms with Crippen molar-refractivity contribution < 1.29 is 18.4 Å². The molecule has 0 atom stereocenters. The molecule has 1 saturated carbocycles. The highest BCUT2D eigenvalue weighted by Crippen LogP contribution is 2.41. The number of ether oxygens (including phenoxy) is 1. The predicted molar refractivity (Wildman–Crippen MR) is 131 cm³/mol. The van der Waals surface area contributed by atoms with Crippen molar-refractivity contribution >= 4 is 16.9 Å². The van der Waals surface area contributed by atoms with Crippen LogP contribution in [0.1, 0.15) is 78.4 Å². The van der Waals surface area contributed by atoms with Gasteiger partial charge in [0, 0.05) is 34.7 Å². The van der Waals surface area contributed by atoms with Gasteiger partial charge in [-0.3, -0.25) is 4.79 Å². The van der Waals surface area contributed by atoms with Crippen LogP contribution in [0, 0.1) is 11.7 Å². The molecule has 0 radical (unpaired) electrons. The smallest absolute Gasteiger partial charge is 0.249 e. The van der Waals surface area contributed by atoms with Gasteiger partial charge in [-0.2, -0.15) is 0 Å².